The molecule has 1 amide bonds. The molecular formula is C18H20N2O. The predicted octanol–water partition coefficient (Wildman–Crippen LogP) is 3.46. The van der Waals surface area contributed by atoms with Crippen molar-refractivity contribution >= 4 is 11.6 Å². The fourth-order valence-corrected chi connectivity index (χ4v) is 2.88. The molecule has 0 saturated carbocycles. The molecule has 0 fully saturated rings. The van der Waals surface area contributed by atoms with Gasteiger partial charge in [0.1, 0.15) is 0 Å². The lowest BCUT2D eigenvalue weighted by Gasteiger charge is -2.27. The van der Waals surface area contributed by atoms with Gasteiger partial charge >= 0.3 is 0 Å². The van der Waals surface area contributed by atoms with Crippen LogP contribution in [0.15, 0.2) is 54.6 Å². The Bertz CT molecular complexity index is 624. The molecule has 0 aromatic heterocycles. The number of anilines is 1. The fourth-order valence-electron chi connectivity index (χ4n) is 2.88. The Morgan fingerprint density at radius 3 is 2.67 bits per heavy atom. The van der Waals surface area contributed by atoms with Gasteiger partial charge in [-0.2, -0.15) is 0 Å². The van der Waals surface area contributed by atoms with E-state index < -0.39 is 0 Å². The van der Waals surface area contributed by atoms with Crippen molar-refractivity contribution in [1.29, 1.82) is 0 Å². The van der Waals surface area contributed by atoms with E-state index in [4.69, 9.17) is 0 Å². The second-order valence-corrected chi connectivity index (χ2v) is 5.50. The molecule has 0 radical (unpaired) electrons. The van der Waals surface area contributed by atoms with Gasteiger partial charge in [-0.1, -0.05) is 48.5 Å². The Morgan fingerprint density at radius 1 is 1.14 bits per heavy atom. The summed E-state index contributed by atoms with van der Waals surface area (Å²) < 4.78 is 0. The SMILES string of the molecule is CC(NC(=O)C1CCNc2ccccc21)c1ccccc1. The van der Waals surface area contributed by atoms with E-state index in [1.807, 2.05) is 61.5 Å². The monoisotopic (exact) mass is 280 g/mol. The van der Waals surface area contributed by atoms with Crippen molar-refractivity contribution in [2.24, 2.45) is 0 Å². The van der Waals surface area contributed by atoms with Gasteiger partial charge in [-0.3, -0.25) is 4.79 Å². The highest BCUT2D eigenvalue weighted by molar-refractivity contribution is 5.86. The van der Waals surface area contributed by atoms with Crippen LogP contribution in [0.3, 0.4) is 0 Å². The molecular weight excluding hydrogens is 260 g/mol. The number of nitrogens with one attached hydrogen (secondary N) is 2. The van der Waals surface area contributed by atoms with Gasteiger partial charge in [0.25, 0.3) is 0 Å². The molecule has 0 aliphatic carbocycles. The number of benzene rings is 2. The quantitative estimate of drug-likeness (QED) is 0.904. The number of rotatable bonds is 3. The van der Waals surface area contributed by atoms with E-state index in [-0.39, 0.29) is 17.9 Å². The number of hydrogen-bond acceptors (Lipinski definition) is 2. The van der Waals surface area contributed by atoms with Crippen molar-refractivity contribution in [3.63, 3.8) is 0 Å². The molecule has 3 heteroatoms. The normalized spacial score (nSPS) is 18.2. The van der Waals surface area contributed by atoms with Crippen LogP contribution >= 0.6 is 0 Å². The lowest BCUT2D eigenvalue weighted by atomic mass is 9.90. The summed E-state index contributed by atoms with van der Waals surface area (Å²) >= 11 is 0. The van der Waals surface area contributed by atoms with Gasteiger partial charge in [0.2, 0.25) is 5.91 Å². The minimum atomic E-state index is -0.0615. The number of amides is 1. The van der Waals surface area contributed by atoms with E-state index in [2.05, 4.69) is 10.6 Å². The van der Waals surface area contributed by atoms with Gasteiger partial charge in [-0.15, -0.1) is 0 Å². The lowest BCUT2D eigenvalue weighted by molar-refractivity contribution is -0.123. The number of hydrogen-bond donors (Lipinski definition) is 2. The largest absolute Gasteiger partial charge is 0.385 e. The number of carbonyl (C=O) groups excluding carboxylic acids is 1. The molecule has 1 aliphatic rings. The zero-order chi connectivity index (χ0) is 14.7. The molecule has 2 atom stereocenters. The van der Waals surface area contributed by atoms with Crippen molar-refractivity contribution in [2.75, 3.05) is 11.9 Å². The average Bonchev–Trinajstić information content (AvgIpc) is 2.55. The van der Waals surface area contributed by atoms with E-state index in [0.29, 0.717) is 0 Å². The van der Waals surface area contributed by atoms with Gasteiger partial charge in [-0.05, 0) is 30.5 Å². The van der Waals surface area contributed by atoms with Gasteiger partial charge in [0, 0.05) is 12.2 Å². The highest BCUT2D eigenvalue weighted by Crippen LogP contribution is 2.31. The summed E-state index contributed by atoms with van der Waals surface area (Å²) in [5.41, 5.74) is 3.31. The molecule has 2 N–H and O–H groups in total. The fraction of sp³-hybridized carbons (Fsp3) is 0.278. The summed E-state index contributed by atoms with van der Waals surface area (Å²) in [6.45, 7) is 2.87. The Hall–Kier alpha value is -2.29. The molecule has 2 aromatic carbocycles. The van der Waals surface area contributed by atoms with Crippen LogP contribution in [0.2, 0.25) is 0 Å². The molecule has 108 valence electrons. The Balaban J connectivity index is 1.75. The molecule has 3 rings (SSSR count). The molecule has 2 unspecified atom stereocenters. The first-order valence-electron chi connectivity index (χ1n) is 7.44. The Morgan fingerprint density at radius 2 is 1.86 bits per heavy atom. The molecule has 0 bridgehead atoms. The first kappa shape index (κ1) is 13.7. The number of carbonyl (C=O) groups is 1. The van der Waals surface area contributed by atoms with E-state index in [1.54, 1.807) is 0 Å². The summed E-state index contributed by atoms with van der Waals surface area (Å²) in [5, 5.41) is 6.49. The standard InChI is InChI=1S/C18H20N2O/c1-13(14-7-3-2-4-8-14)20-18(21)16-11-12-19-17-10-6-5-9-15(16)17/h2-10,13,16,19H,11-12H2,1H3,(H,20,21). The third kappa shape index (κ3) is 2.92. The van der Waals surface area contributed by atoms with Crippen LogP contribution in [0.5, 0.6) is 0 Å². The zero-order valence-electron chi connectivity index (χ0n) is 12.2. The number of para-hydroxylation sites is 1. The molecule has 0 spiro atoms. The van der Waals surface area contributed by atoms with Gasteiger partial charge in [0.05, 0.1) is 12.0 Å². The van der Waals surface area contributed by atoms with E-state index in [1.165, 1.54) is 0 Å². The second kappa shape index (κ2) is 6.00. The molecule has 2 aromatic rings. The Kier molecular flexibility index (Phi) is 3.91. The van der Waals surface area contributed by atoms with Crippen molar-refractivity contribution in [3.05, 3.63) is 65.7 Å². The third-order valence-corrected chi connectivity index (χ3v) is 4.06. The van der Waals surface area contributed by atoms with Crippen LogP contribution in [0.25, 0.3) is 0 Å². The molecule has 1 heterocycles. The van der Waals surface area contributed by atoms with E-state index in [0.717, 1.165) is 29.8 Å². The zero-order valence-corrected chi connectivity index (χ0v) is 12.2. The van der Waals surface area contributed by atoms with Crippen LogP contribution in [-0.2, 0) is 4.79 Å². The maximum Gasteiger partial charge on any atom is 0.228 e. The summed E-state index contributed by atoms with van der Waals surface area (Å²) in [5.74, 6) is 0.0499. The van der Waals surface area contributed by atoms with E-state index >= 15 is 0 Å². The highest BCUT2D eigenvalue weighted by atomic mass is 16.1. The van der Waals surface area contributed by atoms with Crippen LogP contribution < -0.4 is 10.6 Å². The minimum absolute atomic E-state index is 0.0285. The smallest absolute Gasteiger partial charge is 0.228 e. The lowest BCUT2D eigenvalue weighted by Crippen LogP contribution is -2.34. The Labute approximate surface area is 125 Å². The highest BCUT2D eigenvalue weighted by Gasteiger charge is 2.26. The minimum Gasteiger partial charge on any atom is -0.385 e. The first-order valence-corrected chi connectivity index (χ1v) is 7.44. The summed E-state index contributed by atoms with van der Waals surface area (Å²) in [7, 11) is 0. The van der Waals surface area contributed by atoms with Crippen LogP contribution in [0, 0.1) is 0 Å². The molecule has 0 saturated heterocycles. The average molecular weight is 280 g/mol. The van der Waals surface area contributed by atoms with E-state index in [9.17, 15) is 4.79 Å². The summed E-state index contributed by atoms with van der Waals surface area (Å²) in [4.78, 5) is 12.6. The molecule has 3 nitrogen and oxygen atoms in total. The van der Waals surface area contributed by atoms with Crippen LogP contribution in [0.1, 0.15) is 36.4 Å². The maximum absolute atomic E-state index is 12.6. The summed E-state index contributed by atoms with van der Waals surface area (Å²) in [6.07, 6.45) is 0.838. The first-order chi connectivity index (χ1) is 10.3. The topological polar surface area (TPSA) is 41.1 Å². The second-order valence-electron chi connectivity index (χ2n) is 5.50. The molecule has 1 aliphatic heterocycles. The van der Waals surface area contributed by atoms with Gasteiger partial charge in [-0.25, -0.2) is 0 Å². The predicted molar refractivity (Wildman–Crippen MR) is 85.3 cm³/mol. The van der Waals surface area contributed by atoms with Crippen molar-refractivity contribution in [3.8, 4) is 0 Å². The van der Waals surface area contributed by atoms with Gasteiger partial charge < -0.3 is 10.6 Å². The molecule has 21 heavy (non-hydrogen) atoms. The van der Waals surface area contributed by atoms with Crippen molar-refractivity contribution in [1.82, 2.24) is 5.32 Å². The third-order valence-electron chi connectivity index (χ3n) is 4.06. The van der Waals surface area contributed by atoms with Crippen LogP contribution in [-0.4, -0.2) is 12.5 Å². The number of fused-ring (bicyclic) bond motifs is 1. The van der Waals surface area contributed by atoms with Crippen molar-refractivity contribution in [2.45, 2.75) is 25.3 Å². The van der Waals surface area contributed by atoms with Crippen molar-refractivity contribution < 1.29 is 4.79 Å². The summed E-state index contributed by atoms with van der Waals surface area (Å²) in [6, 6.07) is 18.2. The maximum atomic E-state index is 12.6. The van der Waals surface area contributed by atoms with Crippen LogP contribution in [0.4, 0.5) is 5.69 Å². The van der Waals surface area contributed by atoms with Gasteiger partial charge in [0.15, 0.2) is 0 Å².